The maximum absolute atomic E-state index is 13.1. The number of morpholine rings is 1. The molecule has 1 saturated carbocycles. The Labute approximate surface area is 170 Å². The quantitative estimate of drug-likeness (QED) is 0.736. The number of nitrogens with zero attached hydrogens (tertiary/aromatic N) is 1. The highest BCUT2D eigenvalue weighted by atomic mass is 16.5. The molecule has 152 valence electrons. The van der Waals surface area contributed by atoms with Gasteiger partial charge in [-0.3, -0.25) is 9.59 Å². The molecule has 1 aliphatic carbocycles. The Morgan fingerprint density at radius 3 is 2.17 bits per heavy atom. The van der Waals surface area contributed by atoms with Crippen LogP contribution in [0.5, 0.6) is 5.75 Å². The Hall–Kier alpha value is -3.06. The standard InChI is InChI=1S/C22H25N3O4/c1-28-19-9-5-3-7-17(19)24-21(27)22(10-11-22)20(26)23-16-6-2-4-8-18(16)25-12-14-29-15-13-25/h2-9H,10-15H2,1H3,(H,23,26)(H,24,27). The Bertz CT molecular complexity index is 904. The molecule has 4 rings (SSSR count). The zero-order valence-corrected chi connectivity index (χ0v) is 16.4. The van der Waals surface area contributed by atoms with Crippen molar-refractivity contribution in [1.29, 1.82) is 0 Å². The van der Waals surface area contributed by atoms with E-state index in [2.05, 4.69) is 15.5 Å². The molecule has 2 amide bonds. The van der Waals surface area contributed by atoms with Gasteiger partial charge in [0.15, 0.2) is 0 Å². The van der Waals surface area contributed by atoms with Crippen LogP contribution in [0.2, 0.25) is 0 Å². The SMILES string of the molecule is COc1ccccc1NC(=O)C1(C(=O)Nc2ccccc2N2CCOCC2)CC1. The number of carbonyl (C=O) groups is 2. The fourth-order valence-corrected chi connectivity index (χ4v) is 3.57. The van der Waals surface area contributed by atoms with Crippen LogP contribution >= 0.6 is 0 Å². The van der Waals surface area contributed by atoms with Crippen LogP contribution in [0.25, 0.3) is 0 Å². The molecule has 1 aliphatic heterocycles. The number of benzene rings is 2. The van der Waals surface area contributed by atoms with E-state index in [0.717, 1.165) is 24.5 Å². The first kappa shape index (κ1) is 19.3. The maximum atomic E-state index is 13.1. The predicted octanol–water partition coefficient (Wildman–Crippen LogP) is 2.89. The smallest absolute Gasteiger partial charge is 0.240 e. The van der Waals surface area contributed by atoms with Crippen molar-refractivity contribution in [3.63, 3.8) is 0 Å². The van der Waals surface area contributed by atoms with Gasteiger partial charge in [0.2, 0.25) is 11.8 Å². The molecule has 0 bridgehead atoms. The molecule has 0 spiro atoms. The Morgan fingerprint density at radius 1 is 0.931 bits per heavy atom. The monoisotopic (exact) mass is 395 g/mol. The minimum atomic E-state index is -1.04. The third-order valence-corrected chi connectivity index (χ3v) is 5.48. The lowest BCUT2D eigenvalue weighted by molar-refractivity contribution is -0.131. The number of ether oxygens (including phenoxy) is 2. The van der Waals surface area contributed by atoms with Gasteiger partial charge in [0.1, 0.15) is 11.2 Å². The Balaban J connectivity index is 1.49. The zero-order valence-electron chi connectivity index (χ0n) is 16.4. The summed E-state index contributed by atoms with van der Waals surface area (Å²) in [5.41, 5.74) is 1.19. The summed E-state index contributed by atoms with van der Waals surface area (Å²) in [5, 5.41) is 5.85. The third kappa shape index (κ3) is 3.91. The van der Waals surface area contributed by atoms with Gasteiger partial charge in [0, 0.05) is 13.1 Å². The second-order valence-electron chi connectivity index (χ2n) is 7.31. The van der Waals surface area contributed by atoms with Crippen molar-refractivity contribution in [3.05, 3.63) is 48.5 Å². The number of methoxy groups -OCH3 is 1. The lowest BCUT2D eigenvalue weighted by atomic mass is 10.0. The van der Waals surface area contributed by atoms with Crippen molar-refractivity contribution in [3.8, 4) is 5.75 Å². The molecule has 29 heavy (non-hydrogen) atoms. The van der Waals surface area contributed by atoms with Gasteiger partial charge in [-0.2, -0.15) is 0 Å². The van der Waals surface area contributed by atoms with E-state index in [-0.39, 0.29) is 11.8 Å². The molecule has 7 heteroatoms. The molecule has 0 aromatic heterocycles. The number of carbonyl (C=O) groups excluding carboxylic acids is 2. The number of hydrogen-bond donors (Lipinski definition) is 2. The van der Waals surface area contributed by atoms with Crippen LogP contribution in [-0.2, 0) is 14.3 Å². The van der Waals surface area contributed by atoms with Crippen molar-refractivity contribution in [2.24, 2.45) is 5.41 Å². The van der Waals surface area contributed by atoms with E-state index < -0.39 is 5.41 Å². The van der Waals surface area contributed by atoms with Crippen LogP contribution in [0.4, 0.5) is 17.1 Å². The summed E-state index contributed by atoms with van der Waals surface area (Å²) in [6.45, 7) is 2.86. The number of nitrogens with one attached hydrogen (secondary N) is 2. The first-order valence-corrected chi connectivity index (χ1v) is 9.82. The molecule has 0 atom stereocenters. The molecule has 7 nitrogen and oxygen atoms in total. The van der Waals surface area contributed by atoms with E-state index in [1.165, 1.54) is 0 Å². The summed E-state index contributed by atoms with van der Waals surface area (Å²) in [6, 6.07) is 14.9. The molecule has 1 heterocycles. The molecule has 0 unspecified atom stereocenters. The lowest BCUT2D eigenvalue weighted by Crippen LogP contribution is -2.38. The van der Waals surface area contributed by atoms with Gasteiger partial charge in [-0.05, 0) is 37.1 Å². The van der Waals surface area contributed by atoms with E-state index in [4.69, 9.17) is 9.47 Å². The van der Waals surface area contributed by atoms with E-state index >= 15 is 0 Å². The largest absolute Gasteiger partial charge is 0.495 e. The van der Waals surface area contributed by atoms with Gasteiger partial charge < -0.3 is 25.0 Å². The van der Waals surface area contributed by atoms with E-state index in [1.54, 1.807) is 19.2 Å². The Kier molecular flexibility index (Phi) is 5.40. The molecule has 2 aliphatic rings. The van der Waals surface area contributed by atoms with Crippen LogP contribution in [0.15, 0.2) is 48.5 Å². The van der Waals surface area contributed by atoms with Crippen molar-refractivity contribution >= 4 is 28.9 Å². The van der Waals surface area contributed by atoms with Gasteiger partial charge in [0.25, 0.3) is 0 Å². The summed E-state index contributed by atoms with van der Waals surface area (Å²) < 4.78 is 10.7. The van der Waals surface area contributed by atoms with E-state index in [9.17, 15) is 9.59 Å². The van der Waals surface area contributed by atoms with Crippen LogP contribution in [0.1, 0.15) is 12.8 Å². The zero-order chi connectivity index (χ0) is 20.3. The number of anilines is 3. The molecule has 2 aromatic rings. The number of amides is 2. The number of hydrogen-bond acceptors (Lipinski definition) is 5. The predicted molar refractivity (Wildman–Crippen MR) is 111 cm³/mol. The number of para-hydroxylation sites is 4. The van der Waals surface area contributed by atoms with Crippen LogP contribution < -0.4 is 20.3 Å². The second kappa shape index (κ2) is 8.13. The molecule has 2 fully saturated rings. The van der Waals surface area contributed by atoms with Gasteiger partial charge in [-0.15, -0.1) is 0 Å². The summed E-state index contributed by atoms with van der Waals surface area (Å²) >= 11 is 0. The minimum Gasteiger partial charge on any atom is -0.495 e. The molecular weight excluding hydrogens is 370 g/mol. The van der Waals surface area contributed by atoms with Crippen LogP contribution in [0.3, 0.4) is 0 Å². The minimum absolute atomic E-state index is 0.273. The summed E-state index contributed by atoms with van der Waals surface area (Å²) in [5.74, 6) is -0.0105. The average Bonchev–Trinajstić information content (AvgIpc) is 3.57. The Morgan fingerprint density at radius 2 is 1.52 bits per heavy atom. The summed E-state index contributed by atoms with van der Waals surface area (Å²) in [7, 11) is 1.55. The highest BCUT2D eigenvalue weighted by molar-refractivity contribution is 6.17. The van der Waals surface area contributed by atoms with Crippen molar-refractivity contribution in [2.45, 2.75) is 12.8 Å². The fraction of sp³-hybridized carbons (Fsp3) is 0.364. The first-order chi connectivity index (χ1) is 14.1. The topological polar surface area (TPSA) is 79.9 Å². The molecule has 0 radical (unpaired) electrons. The van der Waals surface area contributed by atoms with E-state index in [1.807, 2.05) is 36.4 Å². The molecule has 1 saturated heterocycles. The van der Waals surface area contributed by atoms with Gasteiger partial charge in [-0.25, -0.2) is 0 Å². The maximum Gasteiger partial charge on any atom is 0.240 e. The molecule has 2 N–H and O–H groups in total. The van der Waals surface area contributed by atoms with Crippen molar-refractivity contribution in [1.82, 2.24) is 0 Å². The molecular formula is C22H25N3O4. The van der Waals surface area contributed by atoms with E-state index in [0.29, 0.717) is 37.5 Å². The van der Waals surface area contributed by atoms with Gasteiger partial charge in [0.05, 0.1) is 37.4 Å². The van der Waals surface area contributed by atoms with Crippen LogP contribution in [-0.4, -0.2) is 45.2 Å². The molecule has 2 aromatic carbocycles. The highest BCUT2D eigenvalue weighted by Crippen LogP contribution is 2.48. The third-order valence-electron chi connectivity index (χ3n) is 5.48. The number of rotatable bonds is 6. The van der Waals surface area contributed by atoms with Crippen molar-refractivity contribution in [2.75, 3.05) is 48.9 Å². The summed E-state index contributed by atoms with van der Waals surface area (Å²) in [6.07, 6.45) is 1.05. The van der Waals surface area contributed by atoms with Gasteiger partial charge in [-0.1, -0.05) is 24.3 Å². The summed E-state index contributed by atoms with van der Waals surface area (Å²) in [4.78, 5) is 28.2. The normalized spacial score (nSPS) is 17.3. The average molecular weight is 395 g/mol. The first-order valence-electron chi connectivity index (χ1n) is 9.82. The van der Waals surface area contributed by atoms with Gasteiger partial charge >= 0.3 is 0 Å². The van der Waals surface area contributed by atoms with Crippen LogP contribution in [0, 0.1) is 5.41 Å². The fourth-order valence-electron chi connectivity index (χ4n) is 3.57. The lowest BCUT2D eigenvalue weighted by Gasteiger charge is -2.30. The highest BCUT2D eigenvalue weighted by Gasteiger charge is 2.56. The second-order valence-corrected chi connectivity index (χ2v) is 7.31. The van der Waals surface area contributed by atoms with Crippen molar-refractivity contribution < 1.29 is 19.1 Å².